The highest BCUT2D eigenvalue weighted by Crippen LogP contribution is 2.20. The Morgan fingerprint density at radius 2 is 1.93 bits per heavy atom. The summed E-state index contributed by atoms with van der Waals surface area (Å²) in [6.45, 7) is 2.34. The standard InChI is InChI=1S/C14H20O/c1-2-3-5-8-14(11-12-15)13-9-6-4-7-10-13/h4,6-7,9-11,15H,2-3,5,8,12H2,1H3. The molecule has 0 heterocycles. The van der Waals surface area contributed by atoms with E-state index in [1.165, 1.54) is 30.4 Å². The van der Waals surface area contributed by atoms with Crippen molar-refractivity contribution in [3.63, 3.8) is 0 Å². The summed E-state index contributed by atoms with van der Waals surface area (Å²) >= 11 is 0. The summed E-state index contributed by atoms with van der Waals surface area (Å²) in [4.78, 5) is 0. The lowest BCUT2D eigenvalue weighted by Gasteiger charge is -2.07. The van der Waals surface area contributed by atoms with E-state index in [1.54, 1.807) is 0 Å². The molecular weight excluding hydrogens is 184 g/mol. The molecule has 1 aromatic carbocycles. The average molecular weight is 204 g/mol. The zero-order valence-electron chi connectivity index (χ0n) is 9.45. The Morgan fingerprint density at radius 1 is 1.20 bits per heavy atom. The molecule has 1 heteroatoms. The molecule has 0 saturated carbocycles. The van der Waals surface area contributed by atoms with E-state index in [-0.39, 0.29) is 6.61 Å². The molecule has 0 unspecified atom stereocenters. The largest absolute Gasteiger partial charge is 0.392 e. The van der Waals surface area contributed by atoms with Crippen LogP contribution in [0, 0.1) is 0 Å². The van der Waals surface area contributed by atoms with Crippen LogP contribution in [0.4, 0.5) is 0 Å². The molecule has 0 aliphatic rings. The van der Waals surface area contributed by atoms with E-state index in [9.17, 15) is 0 Å². The number of hydrogen-bond acceptors (Lipinski definition) is 1. The molecule has 1 rings (SSSR count). The van der Waals surface area contributed by atoms with Crippen LogP contribution in [0.25, 0.3) is 5.57 Å². The molecule has 0 radical (unpaired) electrons. The van der Waals surface area contributed by atoms with E-state index < -0.39 is 0 Å². The normalized spacial score (nSPS) is 11.7. The van der Waals surface area contributed by atoms with Crippen LogP contribution in [0.15, 0.2) is 36.4 Å². The van der Waals surface area contributed by atoms with Crippen LogP contribution < -0.4 is 0 Å². The van der Waals surface area contributed by atoms with Gasteiger partial charge < -0.3 is 5.11 Å². The third-order valence-corrected chi connectivity index (χ3v) is 2.53. The van der Waals surface area contributed by atoms with Gasteiger partial charge in [-0.3, -0.25) is 0 Å². The molecule has 0 fully saturated rings. The number of unbranched alkanes of at least 4 members (excludes halogenated alkanes) is 2. The predicted molar refractivity (Wildman–Crippen MR) is 65.6 cm³/mol. The zero-order chi connectivity index (χ0) is 10.9. The molecule has 0 spiro atoms. The highest BCUT2D eigenvalue weighted by Gasteiger charge is 1.99. The summed E-state index contributed by atoms with van der Waals surface area (Å²) in [7, 11) is 0. The molecule has 1 nitrogen and oxygen atoms in total. The lowest BCUT2D eigenvalue weighted by Crippen LogP contribution is -1.87. The van der Waals surface area contributed by atoms with Gasteiger partial charge in [-0.2, -0.15) is 0 Å². The van der Waals surface area contributed by atoms with E-state index in [2.05, 4.69) is 19.1 Å². The van der Waals surface area contributed by atoms with Crippen LogP contribution in [0.3, 0.4) is 0 Å². The topological polar surface area (TPSA) is 20.2 Å². The van der Waals surface area contributed by atoms with Crippen LogP contribution >= 0.6 is 0 Å². The SMILES string of the molecule is CCCCCC(=CCO)c1ccccc1. The Kier molecular flexibility index (Phi) is 5.79. The Balaban J connectivity index is 2.63. The quantitative estimate of drug-likeness (QED) is 0.701. The van der Waals surface area contributed by atoms with Gasteiger partial charge in [-0.1, -0.05) is 56.2 Å². The van der Waals surface area contributed by atoms with E-state index in [0.29, 0.717) is 0 Å². The van der Waals surface area contributed by atoms with Crippen molar-refractivity contribution in [1.82, 2.24) is 0 Å². The first kappa shape index (κ1) is 12.0. The second kappa shape index (κ2) is 7.24. The Labute approximate surface area is 92.5 Å². The maximum absolute atomic E-state index is 8.98. The van der Waals surface area contributed by atoms with Gasteiger partial charge in [0.05, 0.1) is 6.61 Å². The third-order valence-electron chi connectivity index (χ3n) is 2.53. The number of aliphatic hydroxyl groups excluding tert-OH is 1. The maximum Gasteiger partial charge on any atom is 0.0618 e. The fraction of sp³-hybridized carbons (Fsp3) is 0.429. The summed E-state index contributed by atoms with van der Waals surface area (Å²) < 4.78 is 0. The molecule has 1 aromatic rings. The minimum absolute atomic E-state index is 0.135. The molecule has 0 atom stereocenters. The van der Waals surface area contributed by atoms with Crippen molar-refractivity contribution >= 4 is 5.57 Å². The van der Waals surface area contributed by atoms with Crippen LogP contribution in [0.2, 0.25) is 0 Å². The highest BCUT2D eigenvalue weighted by atomic mass is 16.2. The van der Waals surface area contributed by atoms with E-state index >= 15 is 0 Å². The molecule has 0 aromatic heterocycles. The average Bonchev–Trinajstić information content (AvgIpc) is 2.29. The van der Waals surface area contributed by atoms with Gasteiger partial charge >= 0.3 is 0 Å². The van der Waals surface area contributed by atoms with Gasteiger partial charge in [0.2, 0.25) is 0 Å². The second-order valence-electron chi connectivity index (χ2n) is 3.74. The van der Waals surface area contributed by atoms with Crippen molar-refractivity contribution in [1.29, 1.82) is 0 Å². The van der Waals surface area contributed by atoms with Crippen LogP contribution in [0.1, 0.15) is 38.2 Å². The number of allylic oxidation sites excluding steroid dienone is 1. The predicted octanol–water partition coefficient (Wildman–Crippen LogP) is 3.64. The molecule has 1 N–H and O–H groups in total. The Hall–Kier alpha value is -1.08. The van der Waals surface area contributed by atoms with Crippen LogP contribution in [0.5, 0.6) is 0 Å². The summed E-state index contributed by atoms with van der Waals surface area (Å²) in [5.41, 5.74) is 2.51. The molecule has 15 heavy (non-hydrogen) atoms. The summed E-state index contributed by atoms with van der Waals surface area (Å²) in [5, 5.41) is 8.98. The minimum Gasteiger partial charge on any atom is -0.392 e. The number of aliphatic hydroxyl groups is 1. The molecule has 0 saturated heterocycles. The first-order chi connectivity index (χ1) is 7.38. The van der Waals surface area contributed by atoms with Gasteiger partial charge in [0, 0.05) is 0 Å². The van der Waals surface area contributed by atoms with E-state index in [4.69, 9.17) is 5.11 Å². The number of rotatable bonds is 6. The van der Waals surface area contributed by atoms with Gasteiger partial charge in [0.15, 0.2) is 0 Å². The number of hydrogen-bond donors (Lipinski definition) is 1. The molecule has 0 bridgehead atoms. The van der Waals surface area contributed by atoms with Crippen LogP contribution in [-0.2, 0) is 0 Å². The highest BCUT2D eigenvalue weighted by molar-refractivity contribution is 5.65. The lowest BCUT2D eigenvalue weighted by atomic mass is 9.99. The van der Waals surface area contributed by atoms with Crippen molar-refractivity contribution in [2.45, 2.75) is 32.6 Å². The van der Waals surface area contributed by atoms with Crippen molar-refractivity contribution in [2.24, 2.45) is 0 Å². The fourth-order valence-corrected chi connectivity index (χ4v) is 1.69. The van der Waals surface area contributed by atoms with Crippen molar-refractivity contribution in [3.05, 3.63) is 42.0 Å². The van der Waals surface area contributed by atoms with E-state index in [0.717, 1.165) is 6.42 Å². The van der Waals surface area contributed by atoms with Gasteiger partial charge in [0.25, 0.3) is 0 Å². The van der Waals surface area contributed by atoms with Gasteiger partial charge in [-0.15, -0.1) is 0 Å². The van der Waals surface area contributed by atoms with E-state index in [1.807, 2.05) is 24.3 Å². The smallest absolute Gasteiger partial charge is 0.0618 e. The Bertz CT molecular complexity index is 287. The van der Waals surface area contributed by atoms with Gasteiger partial charge in [0.1, 0.15) is 0 Å². The van der Waals surface area contributed by atoms with Crippen molar-refractivity contribution < 1.29 is 5.11 Å². The summed E-state index contributed by atoms with van der Waals surface area (Å²) in [6.07, 6.45) is 6.69. The molecule has 82 valence electrons. The first-order valence-electron chi connectivity index (χ1n) is 5.73. The molecular formula is C14H20O. The van der Waals surface area contributed by atoms with Gasteiger partial charge in [-0.05, 0) is 24.0 Å². The summed E-state index contributed by atoms with van der Waals surface area (Å²) in [6, 6.07) is 10.3. The molecule has 0 aliphatic carbocycles. The lowest BCUT2D eigenvalue weighted by molar-refractivity contribution is 0.343. The monoisotopic (exact) mass is 204 g/mol. The molecule has 0 amide bonds. The van der Waals surface area contributed by atoms with Crippen LogP contribution in [-0.4, -0.2) is 11.7 Å². The molecule has 0 aliphatic heterocycles. The summed E-state index contributed by atoms with van der Waals surface area (Å²) in [5.74, 6) is 0. The zero-order valence-corrected chi connectivity index (χ0v) is 9.45. The van der Waals surface area contributed by atoms with Crippen molar-refractivity contribution in [2.75, 3.05) is 6.61 Å². The third kappa shape index (κ3) is 4.30. The maximum atomic E-state index is 8.98. The number of benzene rings is 1. The van der Waals surface area contributed by atoms with Gasteiger partial charge in [-0.25, -0.2) is 0 Å². The first-order valence-corrected chi connectivity index (χ1v) is 5.73. The second-order valence-corrected chi connectivity index (χ2v) is 3.74. The fourth-order valence-electron chi connectivity index (χ4n) is 1.69. The minimum atomic E-state index is 0.135. The van der Waals surface area contributed by atoms with Crippen molar-refractivity contribution in [3.8, 4) is 0 Å². The Morgan fingerprint density at radius 3 is 2.53 bits per heavy atom.